The zero-order chi connectivity index (χ0) is 39.3. The molecule has 5 fully saturated rings. The largest absolute Gasteiger partial charge is 0.453 e. The maximum Gasteiger partial charge on any atom is 0.407 e. The number of hydrogen-bond donors (Lipinski definition) is 1. The summed E-state index contributed by atoms with van der Waals surface area (Å²) in [6, 6.07) is 15.6. The topological polar surface area (TPSA) is 92.1 Å². The molecule has 0 unspecified atom stereocenters. The quantitative estimate of drug-likeness (QED) is 0.234. The molecule has 1 aliphatic carbocycles. The number of ether oxygens (including phenoxy) is 1. The second kappa shape index (κ2) is 17.6. The van der Waals surface area contributed by atoms with Gasteiger partial charge in [0.1, 0.15) is 5.82 Å². The third-order valence-electron chi connectivity index (χ3n) is 13.5. The van der Waals surface area contributed by atoms with Gasteiger partial charge in [-0.25, -0.2) is 18.0 Å². The SMILES string of the molecule is COC(=O)N[C@H]1CCC[C@@H]1[C@](C#N)(c1cccc(F)c1)C1CCN(C[C@@H]2CCN(c3ccc(C(F)(F)C4CN(C(=O)/C=C/CN5CCCCC5)C4)cc3)C2)CC1. The summed E-state index contributed by atoms with van der Waals surface area (Å²) >= 11 is 0. The van der Waals surface area contributed by atoms with Crippen molar-refractivity contribution in [2.24, 2.45) is 23.7 Å². The third kappa shape index (κ3) is 8.59. The predicted molar refractivity (Wildman–Crippen MR) is 210 cm³/mol. The highest BCUT2D eigenvalue weighted by Crippen LogP contribution is 2.50. The van der Waals surface area contributed by atoms with Crippen LogP contribution in [0.25, 0.3) is 0 Å². The molecule has 302 valence electrons. The van der Waals surface area contributed by atoms with Gasteiger partial charge >= 0.3 is 6.09 Å². The van der Waals surface area contributed by atoms with E-state index in [0.717, 1.165) is 96.6 Å². The van der Waals surface area contributed by atoms with Crippen molar-refractivity contribution >= 4 is 17.7 Å². The van der Waals surface area contributed by atoms with Crippen LogP contribution in [-0.2, 0) is 20.9 Å². The molecule has 1 saturated carbocycles. The molecule has 2 aromatic carbocycles. The minimum atomic E-state index is -3.01. The number of benzene rings is 2. The maximum atomic E-state index is 15.5. The van der Waals surface area contributed by atoms with E-state index in [9.17, 15) is 19.2 Å². The number of nitrogens with zero attached hydrogens (tertiary/aromatic N) is 5. The molecule has 0 bridgehead atoms. The van der Waals surface area contributed by atoms with E-state index in [4.69, 9.17) is 4.74 Å². The second-order valence-corrected chi connectivity index (χ2v) is 16.8. The minimum absolute atomic E-state index is 0.00183. The van der Waals surface area contributed by atoms with Crippen LogP contribution in [0.4, 0.5) is 23.7 Å². The number of alkyl halides is 2. The van der Waals surface area contributed by atoms with Crippen molar-refractivity contribution in [3.05, 3.63) is 77.6 Å². The molecule has 9 nitrogen and oxygen atoms in total. The van der Waals surface area contributed by atoms with E-state index >= 15 is 8.78 Å². The fraction of sp³-hybridized carbons (Fsp3) is 0.614. The number of anilines is 1. The summed E-state index contributed by atoms with van der Waals surface area (Å²) in [5, 5.41) is 14.0. The van der Waals surface area contributed by atoms with E-state index in [0.29, 0.717) is 11.5 Å². The van der Waals surface area contributed by atoms with Gasteiger partial charge in [0.25, 0.3) is 5.92 Å². The fourth-order valence-electron chi connectivity index (χ4n) is 10.3. The number of methoxy groups -OCH3 is 1. The zero-order valence-corrected chi connectivity index (χ0v) is 32.7. The summed E-state index contributed by atoms with van der Waals surface area (Å²) in [7, 11) is 1.34. The molecule has 7 rings (SSSR count). The number of hydrogen-bond acceptors (Lipinski definition) is 7. The lowest BCUT2D eigenvalue weighted by atomic mass is 9.59. The van der Waals surface area contributed by atoms with Crippen molar-refractivity contribution in [2.45, 2.75) is 75.2 Å². The summed E-state index contributed by atoms with van der Waals surface area (Å²) in [5.74, 6) is -4.20. The van der Waals surface area contributed by atoms with Crippen molar-refractivity contribution < 1.29 is 27.5 Å². The molecule has 1 N–H and O–H groups in total. The average molecular weight is 775 g/mol. The van der Waals surface area contributed by atoms with Gasteiger partial charge in [-0.2, -0.15) is 5.26 Å². The molecule has 2 aromatic rings. The monoisotopic (exact) mass is 774 g/mol. The van der Waals surface area contributed by atoms with Gasteiger partial charge in [0.2, 0.25) is 5.91 Å². The Hall–Kier alpha value is -4.08. The van der Waals surface area contributed by atoms with Gasteiger partial charge in [-0.15, -0.1) is 0 Å². The smallest absolute Gasteiger partial charge is 0.407 e. The van der Waals surface area contributed by atoms with Crippen LogP contribution in [0.15, 0.2) is 60.7 Å². The van der Waals surface area contributed by atoms with Crippen molar-refractivity contribution in [3.63, 3.8) is 0 Å². The van der Waals surface area contributed by atoms with Crippen LogP contribution in [0.2, 0.25) is 0 Å². The molecule has 4 saturated heterocycles. The Morgan fingerprint density at radius 2 is 1.62 bits per heavy atom. The maximum absolute atomic E-state index is 15.5. The Labute approximate surface area is 329 Å². The van der Waals surface area contributed by atoms with Gasteiger partial charge in [-0.1, -0.05) is 43.2 Å². The molecule has 5 aliphatic rings. The Morgan fingerprint density at radius 3 is 2.32 bits per heavy atom. The Morgan fingerprint density at radius 1 is 0.875 bits per heavy atom. The molecule has 4 aliphatic heterocycles. The molecule has 56 heavy (non-hydrogen) atoms. The van der Waals surface area contributed by atoms with Crippen LogP contribution < -0.4 is 10.2 Å². The molecular formula is C44H57F3N6O3. The molecule has 0 spiro atoms. The van der Waals surface area contributed by atoms with E-state index in [1.54, 1.807) is 30.3 Å². The highest BCUT2D eigenvalue weighted by Gasteiger charge is 2.53. The summed E-state index contributed by atoms with van der Waals surface area (Å²) in [6.07, 6.45) is 11.5. The lowest BCUT2D eigenvalue weighted by molar-refractivity contribution is -0.151. The standard InChI is InChI=1S/C44H57F3N6O3/c1-56-42(55)49-40-11-6-10-39(40)43(31-48,35-8-5-9-37(45)26-35)33-18-23-51(24-19-33)27-32-17-25-52(28-32)38-15-13-34(14-16-38)44(46,47)36-29-53(30-36)41(54)12-7-22-50-20-3-2-4-21-50/h5,7-9,12-16,26,32-33,36,39-40H,2-4,6,10-11,17-25,27-30H2,1H3,(H,49,55)/b12-7+/t32-,39-,40-,43-/m0/s1. The van der Waals surface area contributed by atoms with Gasteiger partial charge in [0.15, 0.2) is 0 Å². The lowest BCUT2D eigenvalue weighted by Crippen LogP contribution is -2.55. The van der Waals surface area contributed by atoms with Crippen molar-refractivity contribution in [1.29, 1.82) is 5.26 Å². The molecule has 0 radical (unpaired) electrons. The summed E-state index contributed by atoms with van der Waals surface area (Å²) in [4.78, 5) is 33.4. The van der Waals surface area contributed by atoms with Gasteiger partial charge in [-0.3, -0.25) is 9.69 Å². The number of halogens is 3. The number of carbonyl (C=O) groups excluding carboxylic acids is 2. The van der Waals surface area contributed by atoms with E-state index in [1.165, 1.54) is 49.5 Å². The number of carbonyl (C=O) groups is 2. The number of nitrogens with one attached hydrogen (secondary N) is 1. The zero-order valence-electron chi connectivity index (χ0n) is 32.7. The van der Waals surface area contributed by atoms with E-state index in [1.807, 2.05) is 12.1 Å². The number of alkyl carbamates (subject to hydrolysis) is 1. The van der Waals surface area contributed by atoms with Crippen LogP contribution in [0.1, 0.15) is 68.9 Å². The Balaban J connectivity index is 0.905. The van der Waals surface area contributed by atoms with E-state index < -0.39 is 23.3 Å². The lowest BCUT2D eigenvalue weighted by Gasteiger charge is -2.46. The number of amides is 2. The van der Waals surface area contributed by atoms with E-state index in [-0.39, 0.29) is 48.3 Å². The van der Waals surface area contributed by atoms with Crippen LogP contribution in [0.5, 0.6) is 0 Å². The summed E-state index contributed by atoms with van der Waals surface area (Å²) < 4.78 is 50.6. The third-order valence-corrected chi connectivity index (χ3v) is 13.5. The predicted octanol–water partition coefficient (Wildman–Crippen LogP) is 6.94. The van der Waals surface area contributed by atoms with Crippen LogP contribution >= 0.6 is 0 Å². The number of nitriles is 1. The molecule has 4 atom stereocenters. The van der Waals surface area contributed by atoms with Crippen LogP contribution in [0, 0.1) is 40.8 Å². The van der Waals surface area contributed by atoms with Crippen LogP contribution in [-0.4, -0.2) is 105 Å². The Kier molecular flexibility index (Phi) is 12.6. The number of likely N-dealkylation sites (tertiary alicyclic amines) is 3. The average Bonchev–Trinajstić information content (AvgIpc) is 3.86. The van der Waals surface area contributed by atoms with Crippen molar-refractivity contribution in [2.75, 3.05) is 77.5 Å². The summed E-state index contributed by atoms with van der Waals surface area (Å²) in [6.45, 7) is 7.19. The number of rotatable bonds is 12. The highest BCUT2D eigenvalue weighted by atomic mass is 19.3. The molecule has 4 heterocycles. The first-order chi connectivity index (χ1) is 27.1. The molecule has 2 amide bonds. The van der Waals surface area contributed by atoms with Gasteiger partial charge in [0.05, 0.1) is 24.5 Å². The molecule has 12 heteroatoms. The minimum Gasteiger partial charge on any atom is -0.453 e. The normalized spacial score (nSPS) is 25.5. The molecular weight excluding hydrogens is 718 g/mol. The van der Waals surface area contributed by atoms with Gasteiger partial charge in [-0.05, 0) is 113 Å². The first-order valence-corrected chi connectivity index (χ1v) is 20.8. The Bertz CT molecular complexity index is 1730. The van der Waals surface area contributed by atoms with E-state index in [2.05, 4.69) is 26.1 Å². The first kappa shape index (κ1) is 40.1. The fourth-order valence-corrected chi connectivity index (χ4v) is 10.3. The molecule has 0 aromatic heterocycles. The summed E-state index contributed by atoms with van der Waals surface area (Å²) in [5.41, 5.74) is 0.682. The van der Waals surface area contributed by atoms with Crippen molar-refractivity contribution in [3.8, 4) is 6.07 Å². The van der Waals surface area contributed by atoms with Gasteiger partial charge in [0, 0.05) is 68.6 Å². The van der Waals surface area contributed by atoms with Gasteiger partial charge < -0.3 is 24.8 Å². The first-order valence-electron chi connectivity index (χ1n) is 20.8. The number of piperidine rings is 2. The van der Waals surface area contributed by atoms with Crippen LogP contribution in [0.3, 0.4) is 0 Å². The van der Waals surface area contributed by atoms with Crippen molar-refractivity contribution in [1.82, 2.24) is 20.0 Å². The second-order valence-electron chi connectivity index (χ2n) is 16.8. The highest BCUT2D eigenvalue weighted by molar-refractivity contribution is 5.88.